The Morgan fingerprint density at radius 3 is 2.65 bits per heavy atom. The van der Waals surface area contributed by atoms with Crippen molar-refractivity contribution in [3.8, 4) is 0 Å². The summed E-state index contributed by atoms with van der Waals surface area (Å²) in [5, 5.41) is 4.58. The Hall–Kier alpha value is -0.650. The van der Waals surface area contributed by atoms with Crippen molar-refractivity contribution >= 4 is 16.5 Å². The van der Waals surface area contributed by atoms with Crippen LogP contribution in [-0.4, -0.2) is 38.3 Å². The average molecular weight is 299 g/mol. The molecule has 0 atom stereocenters. The molecule has 0 amide bonds. The van der Waals surface area contributed by atoms with Crippen molar-refractivity contribution < 1.29 is 4.74 Å². The lowest BCUT2D eigenvalue weighted by atomic mass is 10.2. The third kappa shape index (κ3) is 5.38. The predicted molar refractivity (Wildman–Crippen MR) is 87.8 cm³/mol. The number of hydrogen-bond acceptors (Lipinski definition) is 5. The predicted octanol–water partition coefficient (Wildman–Crippen LogP) is 2.92. The molecular weight excluding hydrogens is 270 g/mol. The maximum Gasteiger partial charge on any atom is 0.185 e. The molecule has 0 unspecified atom stereocenters. The van der Waals surface area contributed by atoms with Crippen LogP contribution in [0.25, 0.3) is 0 Å². The van der Waals surface area contributed by atoms with Crippen molar-refractivity contribution in [2.45, 2.75) is 40.7 Å². The Morgan fingerprint density at radius 2 is 2.10 bits per heavy atom. The van der Waals surface area contributed by atoms with Gasteiger partial charge in [0.05, 0.1) is 12.3 Å². The molecule has 5 heteroatoms. The van der Waals surface area contributed by atoms with Gasteiger partial charge in [-0.05, 0) is 19.3 Å². The van der Waals surface area contributed by atoms with E-state index in [0.29, 0.717) is 5.92 Å². The molecule has 116 valence electrons. The summed E-state index contributed by atoms with van der Waals surface area (Å²) in [5.74, 6) is 0.659. The molecule has 0 fully saturated rings. The first kappa shape index (κ1) is 17.4. The Balaban J connectivity index is 2.70. The van der Waals surface area contributed by atoms with E-state index in [-0.39, 0.29) is 0 Å². The van der Waals surface area contributed by atoms with Crippen molar-refractivity contribution in [1.29, 1.82) is 0 Å². The van der Waals surface area contributed by atoms with Gasteiger partial charge in [0.15, 0.2) is 5.13 Å². The molecule has 0 saturated carbocycles. The minimum Gasteiger partial charge on any atom is -0.383 e. The Kier molecular flexibility index (Phi) is 8.11. The fourth-order valence-electron chi connectivity index (χ4n) is 2.08. The maximum absolute atomic E-state index is 5.06. The normalized spacial score (nSPS) is 11.3. The van der Waals surface area contributed by atoms with E-state index in [1.165, 1.54) is 15.7 Å². The topological polar surface area (TPSA) is 37.4 Å². The van der Waals surface area contributed by atoms with E-state index in [9.17, 15) is 0 Å². The van der Waals surface area contributed by atoms with Crippen LogP contribution in [-0.2, 0) is 17.7 Å². The van der Waals surface area contributed by atoms with Gasteiger partial charge in [0.25, 0.3) is 0 Å². The standard InChI is InChI=1S/C15H29N3OS/c1-6-13-14(10-16-8-9-19-5)20-15(17-13)18(7-2)11-12(3)4/h12,16H,6-11H2,1-5H3. The van der Waals surface area contributed by atoms with Gasteiger partial charge >= 0.3 is 0 Å². The van der Waals surface area contributed by atoms with Crippen molar-refractivity contribution in [2.75, 3.05) is 38.3 Å². The summed E-state index contributed by atoms with van der Waals surface area (Å²) in [7, 11) is 1.73. The third-order valence-electron chi connectivity index (χ3n) is 3.11. The smallest absolute Gasteiger partial charge is 0.185 e. The number of anilines is 1. The van der Waals surface area contributed by atoms with E-state index in [2.05, 4.69) is 37.9 Å². The second-order valence-corrected chi connectivity index (χ2v) is 6.38. The second-order valence-electron chi connectivity index (χ2n) is 5.32. The lowest BCUT2D eigenvalue weighted by molar-refractivity contribution is 0.199. The summed E-state index contributed by atoms with van der Waals surface area (Å²) in [6, 6.07) is 0. The highest BCUT2D eigenvalue weighted by Gasteiger charge is 2.15. The largest absolute Gasteiger partial charge is 0.383 e. The van der Waals surface area contributed by atoms with Crippen LogP contribution in [0.5, 0.6) is 0 Å². The highest BCUT2D eigenvalue weighted by molar-refractivity contribution is 7.15. The summed E-state index contributed by atoms with van der Waals surface area (Å²) in [4.78, 5) is 8.57. The number of rotatable bonds is 10. The van der Waals surface area contributed by atoms with Crippen LogP contribution in [0.3, 0.4) is 0 Å². The van der Waals surface area contributed by atoms with Crippen molar-refractivity contribution in [3.63, 3.8) is 0 Å². The van der Waals surface area contributed by atoms with Gasteiger partial charge < -0.3 is 15.0 Å². The molecule has 0 aliphatic heterocycles. The zero-order chi connectivity index (χ0) is 15.0. The van der Waals surface area contributed by atoms with E-state index in [0.717, 1.165) is 39.2 Å². The van der Waals surface area contributed by atoms with E-state index >= 15 is 0 Å². The first-order valence-corrected chi connectivity index (χ1v) is 8.37. The van der Waals surface area contributed by atoms with E-state index in [1.807, 2.05) is 11.3 Å². The zero-order valence-corrected chi connectivity index (χ0v) is 14.3. The highest BCUT2D eigenvalue weighted by atomic mass is 32.1. The van der Waals surface area contributed by atoms with Gasteiger partial charge in [-0.1, -0.05) is 20.8 Å². The number of thiazole rings is 1. The minimum absolute atomic E-state index is 0.659. The number of nitrogens with zero attached hydrogens (tertiary/aromatic N) is 2. The first-order valence-electron chi connectivity index (χ1n) is 7.55. The highest BCUT2D eigenvalue weighted by Crippen LogP contribution is 2.27. The maximum atomic E-state index is 5.06. The minimum atomic E-state index is 0.659. The van der Waals surface area contributed by atoms with Crippen LogP contribution in [0.15, 0.2) is 0 Å². The molecule has 20 heavy (non-hydrogen) atoms. The molecule has 0 bridgehead atoms. The summed E-state index contributed by atoms with van der Waals surface area (Å²) in [6.07, 6.45) is 0.997. The molecule has 4 nitrogen and oxygen atoms in total. The molecule has 0 spiro atoms. The number of aromatic nitrogens is 1. The summed E-state index contributed by atoms with van der Waals surface area (Å²) in [6.45, 7) is 13.5. The number of hydrogen-bond donors (Lipinski definition) is 1. The number of methoxy groups -OCH3 is 1. The monoisotopic (exact) mass is 299 g/mol. The van der Waals surface area contributed by atoms with E-state index in [1.54, 1.807) is 7.11 Å². The van der Waals surface area contributed by atoms with Crippen LogP contribution in [0.4, 0.5) is 5.13 Å². The van der Waals surface area contributed by atoms with Crippen LogP contribution in [0.1, 0.15) is 38.3 Å². The third-order valence-corrected chi connectivity index (χ3v) is 4.27. The molecule has 1 aromatic heterocycles. The molecule has 0 saturated heterocycles. The fourth-order valence-corrected chi connectivity index (χ4v) is 3.27. The fraction of sp³-hybridized carbons (Fsp3) is 0.800. The molecule has 0 aromatic carbocycles. The molecule has 1 N–H and O–H groups in total. The molecule has 1 rings (SSSR count). The van der Waals surface area contributed by atoms with E-state index < -0.39 is 0 Å². The average Bonchev–Trinajstić information content (AvgIpc) is 2.84. The molecule has 1 aromatic rings. The Bertz CT molecular complexity index is 379. The van der Waals surface area contributed by atoms with E-state index in [4.69, 9.17) is 9.72 Å². The van der Waals surface area contributed by atoms with Gasteiger partial charge in [-0.25, -0.2) is 4.98 Å². The van der Waals surface area contributed by atoms with Crippen molar-refractivity contribution in [2.24, 2.45) is 5.92 Å². The van der Waals surface area contributed by atoms with Gasteiger partial charge in [-0.15, -0.1) is 11.3 Å². The number of aryl methyl sites for hydroxylation is 1. The summed E-state index contributed by atoms with van der Waals surface area (Å²) in [5.41, 5.74) is 1.23. The second kappa shape index (κ2) is 9.32. The van der Waals surface area contributed by atoms with Gasteiger partial charge in [0.2, 0.25) is 0 Å². The van der Waals surface area contributed by atoms with Crippen LogP contribution < -0.4 is 10.2 Å². The van der Waals surface area contributed by atoms with Gasteiger partial charge in [-0.2, -0.15) is 0 Å². The van der Waals surface area contributed by atoms with Crippen LogP contribution in [0.2, 0.25) is 0 Å². The van der Waals surface area contributed by atoms with Crippen molar-refractivity contribution in [3.05, 3.63) is 10.6 Å². The molecule has 0 aliphatic rings. The van der Waals surface area contributed by atoms with Gasteiger partial charge in [0.1, 0.15) is 0 Å². The van der Waals surface area contributed by atoms with Gasteiger partial charge in [-0.3, -0.25) is 0 Å². The Morgan fingerprint density at radius 1 is 1.35 bits per heavy atom. The quantitative estimate of drug-likeness (QED) is 0.674. The number of nitrogens with one attached hydrogen (secondary N) is 1. The van der Waals surface area contributed by atoms with Gasteiger partial charge in [0, 0.05) is 38.2 Å². The van der Waals surface area contributed by atoms with Crippen molar-refractivity contribution in [1.82, 2.24) is 10.3 Å². The SMILES string of the molecule is CCc1nc(N(CC)CC(C)C)sc1CNCCOC. The first-order chi connectivity index (χ1) is 9.62. The molecule has 0 aliphatic carbocycles. The summed E-state index contributed by atoms with van der Waals surface area (Å²) >= 11 is 1.83. The molecule has 0 radical (unpaired) electrons. The summed E-state index contributed by atoms with van der Waals surface area (Å²) < 4.78 is 5.06. The number of ether oxygens (including phenoxy) is 1. The van der Waals surface area contributed by atoms with Crippen LogP contribution in [0, 0.1) is 5.92 Å². The molecule has 1 heterocycles. The van der Waals surface area contributed by atoms with Crippen LogP contribution >= 0.6 is 11.3 Å². The molecular formula is C15H29N3OS. The lowest BCUT2D eigenvalue weighted by Crippen LogP contribution is -2.27. The lowest BCUT2D eigenvalue weighted by Gasteiger charge is -2.21. The zero-order valence-electron chi connectivity index (χ0n) is 13.5. The Labute approximate surface area is 127 Å².